The van der Waals surface area contributed by atoms with Crippen molar-refractivity contribution < 1.29 is 11.0 Å². The fourth-order valence-electron chi connectivity index (χ4n) is 3.20. The van der Waals surface area contributed by atoms with E-state index in [9.17, 15) is 4.79 Å². The van der Waals surface area contributed by atoms with Crippen LogP contribution in [0.15, 0.2) is 67.0 Å². The van der Waals surface area contributed by atoms with Gasteiger partial charge in [0.25, 0.3) is 5.91 Å². The highest BCUT2D eigenvalue weighted by atomic mass is 16.5. The van der Waals surface area contributed by atoms with Gasteiger partial charge in [0.15, 0.2) is 0 Å². The van der Waals surface area contributed by atoms with Crippen LogP contribution >= 0.6 is 0 Å². The Kier molecular flexibility index (Phi) is 7.38. The van der Waals surface area contributed by atoms with E-state index in [2.05, 4.69) is 33.6 Å². The van der Waals surface area contributed by atoms with Crippen molar-refractivity contribution in [3.63, 3.8) is 0 Å². The quantitative estimate of drug-likeness (QED) is 0.577. The number of hydrogen-bond acceptors (Lipinski definition) is 4. The SMILES string of the molecule is CC.Cc1c(Oc2ccnc(C3=CCC=C3)c2)cccc1C(=O)NCc1ccn(C)n1.[HH]. The third-order valence-corrected chi connectivity index (χ3v) is 4.75. The van der Waals surface area contributed by atoms with Crippen LogP contribution < -0.4 is 10.1 Å². The molecule has 4 rings (SSSR count). The Morgan fingerprint density at radius 2 is 2.10 bits per heavy atom. The summed E-state index contributed by atoms with van der Waals surface area (Å²) >= 11 is 0. The van der Waals surface area contributed by atoms with E-state index in [-0.39, 0.29) is 7.33 Å². The second kappa shape index (κ2) is 10.4. The van der Waals surface area contributed by atoms with Crippen molar-refractivity contribution in [1.82, 2.24) is 20.1 Å². The fraction of sp³-hybridized carbons (Fsp3) is 0.240. The summed E-state index contributed by atoms with van der Waals surface area (Å²) in [6.07, 6.45) is 10.8. The summed E-state index contributed by atoms with van der Waals surface area (Å²) < 4.78 is 7.79. The molecule has 1 amide bonds. The maximum atomic E-state index is 12.7. The van der Waals surface area contributed by atoms with Crippen LogP contribution in [-0.4, -0.2) is 20.7 Å². The molecule has 6 heteroatoms. The lowest BCUT2D eigenvalue weighted by molar-refractivity contribution is 0.0949. The van der Waals surface area contributed by atoms with Crippen molar-refractivity contribution in [1.29, 1.82) is 0 Å². The molecule has 0 fully saturated rings. The average molecular weight is 419 g/mol. The number of hydrogen-bond donors (Lipinski definition) is 1. The molecule has 0 bridgehead atoms. The highest BCUT2D eigenvalue weighted by Crippen LogP contribution is 2.29. The first-order valence-electron chi connectivity index (χ1n) is 10.5. The Morgan fingerprint density at radius 3 is 2.81 bits per heavy atom. The van der Waals surface area contributed by atoms with E-state index in [0.717, 1.165) is 28.9 Å². The number of amides is 1. The number of aryl methyl sites for hydroxylation is 1. The largest absolute Gasteiger partial charge is 0.457 e. The molecule has 0 saturated carbocycles. The van der Waals surface area contributed by atoms with E-state index >= 15 is 0 Å². The van der Waals surface area contributed by atoms with Crippen LogP contribution in [0.3, 0.4) is 0 Å². The maximum Gasteiger partial charge on any atom is 0.252 e. The summed E-state index contributed by atoms with van der Waals surface area (Å²) in [5, 5.41) is 7.19. The van der Waals surface area contributed by atoms with Crippen molar-refractivity contribution in [2.75, 3.05) is 0 Å². The molecule has 0 radical (unpaired) electrons. The summed E-state index contributed by atoms with van der Waals surface area (Å²) in [5.41, 5.74) is 4.14. The highest BCUT2D eigenvalue weighted by Gasteiger charge is 2.14. The molecule has 1 aromatic carbocycles. The molecule has 0 unspecified atom stereocenters. The van der Waals surface area contributed by atoms with Gasteiger partial charge in [0.1, 0.15) is 11.5 Å². The van der Waals surface area contributed by atoms with Gasteiger partial charge in [-0.3, -0.25) is 14.5 Å². The molecule has 0 atom stereocenters. The molecule has 1 aliphatic carbocycles. The lowest BCUT2D eigenvalue weighted by atomic mass is 10.1. The number of rotatable bonds is 6. The topological polar surface area (TPSA) is 69.0 Å². The smallest absolute Gasteiger partial charge is 0.252 e. The Morgan fingerprint density at radius 1 is 1.26 bits per heavy atom. The van der Waals surface area contributed by atoms with Gasteiger partial charge in [-0.05, 0) is 43.2 Å². The molecule has 2 aromatic heterocycles. The molecular formula is C25H30N4O2. The van der Waals surface area contributed by atoms with Gasteiger partial charge in [0, 0.05) is 38.1 Å². The summed E-state index contributed by atoms with van der Waals surface area (Å²) in [6.45, 7) is 6.26. The molecule has 3 aromatic rings. The molecule has 0 aliphatic heterocycles. The van der Waals surface area contributed by atoms with Crippen molar-refractivity contribution in [2.24, 2.45) is 7.05 Å². The van der Waals surface area contributed by atoms with Crippen LogP contribution in [0.25, 0.3) is 5.57 Å². The Balaban J connectivity index is 0.00000118. The van der Waals surface area contributed by atoms with Gasteiger partial charge in [-0.2, -0.15) is 5.10 Å². The van der Waals surface area contributed by atoms with E-state index in [0.29, 0.717) is 23.6 Å². The number of ether oxygens (including phenoxy) is 1. The highest BCUT2D eigenvalue weighted by molar-refractivity contribution is 5.96. The standard InChI is InChI=1S/C23H22N4O2.C2H6.H2/c1-16-20(23(28)25-15-18-11-13-27(2)26-18)8-5-9-22(16)29-19-10-12-24-21(14-19)17-6-3-4-7-17;1-2;/h3,5-14H,4,15H2,1-2H3,(H,25,28);1-2H3;1H. The van der Waals surface area contributed by atoms with Crippen molar-refractivity contribution in [3.05, 3.63) is 89.5 Å². The van der Waals surface area contributed by atoms with Crippen LogP contribution in [0.4, 0.5) is 0 Å². The van der Waals surface area contributed by atoms with Crippen molar-refractivity contribution >= 4 is 11.5 Å². The van der Waals surface area contributed by atoms with Crippen LogP contribution in [0.1, 0.15) is 49.0 Å². The lowest BCUT2D eigenvalue weighted by Crippen LogP contribution is -2.24. The number of carbonyl (C=O) groups excluding carboxylic acids is 1. The first-order valence-corrected chi connectivity index (χ1v) is 10.5. The molecule has 2 heterocycles. The zero-order chi connectivity index (χ0) is 22.2. The van der Waals surface area contributed by atoms with Crippen LogP contribution in [0, 0.1) is 6.92 Å². The Bertz CT molecular complexity index is 1120. The molecule has 6 nitrogen and oxygen atoms in total. The first-order chi connectivity index (χ1) is 15.1. The number of carbonyl (C=O) groups is 1. The van der Waals surface area contributed by atoms with Gasteiger partial charge < -0.3 is 10.1 Å². The zero-order valence-electron chi connectivity index (χ0n) is 18.4. The summed E-state index contributed by atoms with van der Waals surface area (Å²) in [4.78, 5) is 17.1. The van der Waals surface area contributed by atoms with Gasteiger partial charge in [-0.1, -0.05) is 38.1 Å². The van der Waals surface area contributed by atoms with Crippen LogP contribution in [0.2, 0.25) is 0 Å². The molecule has 0 saturated heterocycles. The van der Waals surface area contributed by atoms with Gasteiger partial charge >= 0.3 is 0 Å². The van der Waals surface area contributed by atoms with Crippen LogP contribution in [-0.2, 0) is 13.6 Å². The number of pyridine rings is 1. The van der Waals surface area contributed by atoms with E-state index < -0.39 is 0 Å². The zero-order valence-corrected chi connectivity index (χ0v) is 18.4. The molecule has 31 heavy (non-hydrogen) atoms. The predicted molar refractivity (Wildman–Crippen MR) is 125 cm³/mol. The third-order valence-electron chi connectivity index (χ3n) is 4.75. The number of benzene rings is 1. The number of aromatic nitrogens is 3. The van der Waals surface area contributed by atoms with E-state index in [1.807, 2.05) is 64.3 Å². The number of nitrogens with one attached hydrogen (secondary N) is 1. The lowest BCUT2D eigenvalue weighted by Gasteiger charge is -2.13. The third kappa shape index (κ3) is 5.48. The Hall–Kier alpha value is -3.67. The van der Waals surface area contributed by atoms with Gasteiger partial charge in [-0.15, -0.1) is 0 Å². The van der Waals surface area contributed by atoms with Crippen molar-refractivity contribution in [2.45, 2.75) is 33.7 Å². The fourth-order valence-corrected chi connectivity index (χ4v) is 3.20. The monoisotopic (exact) mass is 418 g/mol. The van der Waals surface area contributed by atoms with E-state index in [1.165, 1.54) is 0 Å². The van der Waals surface area contributed by atoms with Crippen LogP contribution in [0.5, 0.6) is 11.5 Å². The van der Waals surface area contributed by atoms with Gasteiger partial charge in [-0.25, -0.2) is 0 Å². The summed E-state index contributed by atoms with van der Waals surface area (Å²) in [7, 11) is 1.85. The molecule has 1 aliphatic rings. The summed E-state index contributed by atoms with van der Waals surface area (Å²) in [6, 6.07) is 11.1. The number of allylic oxidation sites excluding steroid dienone is 4. The summed E-state index contributed by atoms with van der Waals surface area (Å²) in [5.74, 6) is 1.17. The predicted octanol–water partition coefficient (Wildman–Crippen LogP) is 5.46. The Labute approximate surface area is 184 Å². The molecule has 1 N–H and O–H groups in total. The molecule has 0 spiro atoms. The minimum absolute atomic E-state index is 0. The molecular weight excluding hydrogens is 388 g/mol. The van der Waals surface area contributed by atoms with E-state index in [4.69, 9.17) is 4.74 Å². The average Bonchev–Trinajstić information content (AvgIpc) is 3.47. The molecule has 162 valence electrons. The van der Waals surface area contributed by atoms with Gasteiger partial charge in [0.2, 0.25) is 0 Å². The van der Waals surface area contributed by atoms with Crippen molar-refractivity contribution in [3.8, 4) is 11.5 Å². The normalized spacial score (nSPS) is 12.1. The minimum Gasteiger partial charge on any atom is -0.457 e. The van der Waals surface area contributed by atoms with Gasteiger partial charge in [0.05, 0.1) is 17.9 Å². The second-order valence-electron chi connectivity index (χ2n) is 6.87. The minimum atomic E-state index is -0.157. The first kappa shape index (κ1) is 22.0. The maximum absolute atomic E-state index is 12.7. The van der Waals surface area contributed by atoms with E-state index in [1.54, 1.807) is 16.9 Å². The second-order valence-corrected chi connectivity index (χ2v) is 6.87. The number of nitrogens with zero attached hydrogens (tertiary/aromatic N) is 3.